The van der Waals surface area contributed by atoms with E-state index in [2.05, 4.69) is 31.7 Å². The van der Waals surface area contributed by atoms with Crippen LogP contribution in [0.15, 0.2) is 103 Å². The van der Waals surface area contributed by atoms with Crippen LogP contribution in [0, 0.1) is 25.2 Å². The molecule has 6 aromatic rings. The van der Waals surface area contributed by atoms with Gasteiger partial charge in [-0.3, -0.25) is 24.5 Å². The average Bonchev–Trinajstić information content (AvgIpc) is 3.33. The van der Waals surface area contributed by atoms with Crippen LogP contribution in [0.1, 0.15) is 68.5 Å². The molecule has 0 bridgehead atoms. The molecule has 0 spiro atoms. The second-order valence-corrected chi connectivity index (χ2v) is 17.4. The molecule has 0 fully saturated rings. The predicted molar refractivity (Wildman–Crippen MR) is 268 cm³/mol. The number of aliphatic imine (C=N–C) groups is 1. The third kappa shape index (κ3) is 15.7. The molecular formula is C53H54Cl2N6O10. The minimum Gasteiger partial charge on any atom is -0.488 e. The van der Waals surface area contributed by atoms with Crippen LogP contribution < -0.4 is 29.6 Å². The van der Waals surface area contributed by atoms with Gasteiger partial charge >= 0.3 is 11.9 Å². The van der Waals surface area contributed by atoms with Gasteiger partial charge in [0.05, 0.1) is 40.7 Å². The van der Waals surface area contributed by atoms with E-state index in [-0.39, 0.29) is 52.6 Å². The molecule has 18 heteroatoms. The third-order valence-corrected chi connectivity index (χ3v) is 11.8. The molecule has 4 aromatic carbocycles. The van der Waals surface area contributed by atoms with E-state index in [9.17, 15) is 25.1 Å². The maximum absolute atomic E-state index is 11.1. The Hall–Kier alpha value is -7.10. The van der Waals surface area contributed by atoms with Gasteiger partial charge < -0.3 is 50.0 Å². The second kappa shape index (κ2) is 26.2. The Morgan fingerprint density at radius 1 is 0.662 bits per heavy atom. The zero-order chi connectivity index (χ0) is 50.9. The molecule has 6 N–H and O–H groups in total. The molecule has 16 nitrogen and oxygen atoms in total. The van der Waals surface area contributed by atoms with Crippen LogP contribution in [-0.2, 0) is 49.1 Å². The molecule has 2 heterocycles. The van der Waals surface area contributed by atoms with Crippen LogP contribution in [0.4, 0.5) is 0 Å². The SMILES string of the molecule is CN=Cc1cncc(COc2cc(OCc3cccc(-c4cccc(COc5cc(OCc6cncc(C#N)c6)c(CNCC(O)CC(=O)O)cc5Cl)c4C)c3C)c(Cl)cc2CNCC(O)CC(=O)O)c1. The number of hydrogen-bond donors (Lipinski definition) is 6. The summed E-state index contributed by atoms with van der Waals surface area (Å²) in [4.78, 5) is 34.6. The first-order valence-corrected chi connectivity index (χ1v) is 23.2. The first-order chi connectivity index (χ1) is 34.2. The number of carboxylic acids is 2. The number of ether oxygens (including phenoxy) is 4. The molecule has 0 aliphatic rings. The molecular weight excluding hydrogens is 952 g/mol. The van der Waals surface area contributed by atoms with E-state index in [1.54, 1.807) is 62.2 Å². The van der Waals surface area contributed by atoms with Gasteiger partial charge in [-0.1, -0.05) is 59.6 Å². The molecule has 6 rings (SSSR count). The summed E-state index contributed by atoms with van der Waals surface area (Å²) in [7, 11) is 1.68. The molecule has 71 heavy (non-hydrogen) atoms. The van der Waals surface area contributed by atoms with Crippen molar-refractivity contribution >= 4 is 41.4 Å². The van der Waals surface area contributed by atoms with Crippen LogP contribution in [0.3, 0.4) is 0 Å². The molecule has 0 saturated heterocycles. The van der Waals surface area contributed by atoms with Crippen LogP contribution >= 0.6 is 23.2 Å². The van der Waals surface area contributed by atoms with E-state index in [0.717, 1.165) is 44.5 Å². The Morgan fingerprint density at radius 3 is 1.59 bits per heavy atom. The molecule has 2 unspecified atom stereocenters. The van der Waals surface area contributed by atoms with E-state index in [4.69, 9.17) is 52.4 Å². The van der Waals surface area contributed by atoms with E-state index >= 15 is 0 Å². The van der Waals surface area contributed by atoms with Crippen molar-refractivity contribution in [2.24, 2.45) is 4.99 Å². The van der Waals surface area contributed by atoms with Crippen molar-refractivity contribution in [3.63, 3.8) is 0 Å². The van der Waals surface area contributed by atoms with Crippen LogP contribution in [0.5, 0.6) is 23.0 Å². The standard InChI is InChI=1S/C53H54Cl2N6O10/c1-32-38(30-70-50-16-48(68-28-36-10-34(18-56)20-58-22-36)40(12-46(50)54)24-60-26-42(62)14-52(64)65)6-4-8-44(32)45-9-5-7-39(33(45)2)31-71-51-17-49(69-29-37-11-35(19-57-3)21-59-23-37)41(13-47(51)55)25-61-27-43(63)15-53(66)67/h4-13,16-17,19-23,42-43,60-63H,14-15,24-31H2,1-3H3,(H,64,65)(H,66,67). The molecule has 2 aromatic heterocycles. The number of benzene rings is 4. The lowest BCUT2D eigenvalue weighted by Crippen LogP contribution is -2.28. The zero-order valence-electron chi connectivity index (χ0n) is 39.3. The summed E-state index contributed by atoms with van der Waals surface area (Å²) in [5, 5.41) is 54.5. The van der Waals surface area contributed by atoms with Crippen molar-refractivity contribution in [2.75, 3.05) is 20.1 Å². The topological polar surface area (TPSA) is 238 Å². The fourth-order valence-corrected chi connectivity index (χ4v) is 8.02. The van der Waals surface area contributed by atoms with Crippen molar-refractivity contribution in [1.82, 2.24) is 20.6 Å². The average molecular weight is 1010 g/mol. The quantitative estimate of drug-likeness (QED) is 0.0281. The number of hydrogen-bond acceptors (Lipinski definition) is 14. The van der Waals surface area contributed by atoms with E-state index in [1.165, 1.54) is 6.20 Å². The number of carbonyl (C=O) groups is 2. The molecule has 2 atom stereocenters. The van der Waals surface area contributed by atoms with Crippen LogP contribution in [0.25, 0.3) is 11.1 Å². The lowest BCUT2D eigenvalue weighted by atomic mass is 9.92. The van der Waals surface area contributed by atoms with E-state index in [0.29, 0.717) is 55.3 Å². The van der Waals surface area contributed by atoms with Gasteiger partial charge in [-0.25, -0.2) is 0 Å². The summed E-state index contributed by atoms with van der Waals surface area (Å²) in [5.74, 6) is -0.560. The van der Waals surface area contributed by atoms with Crippen LogP contribution in [0.2, 0.25) is 10.0 Å². The number of nitrogens with one attached hydrogen (secondary N) is 2. The maximum atomic E-state index is 11.1. The van der Waals surface area contributed by atoms with Gasteiger partial charge in [-0.05, 0) is 71.5 Å². The summed E-state index contributed by atoms with van der Waals surface area (Å²) in [6, 6.07) is 24.5. The predicted octanol–water partition coefficient (Wildman–Crippen LogP) is 8.15. The summed E-state index contributed by atoms with van der Waals surface area (Å²) < 4.78 is 25.3. The Balaban J connectivity index is 1.18. The van der Waals surface area contributed by atoms with Crippen molar-refractivity contribution in [3.05, 3.63) is 163 Å². The number of pyridine rings is 2. The summed E-state index contributed by atoms with van der Waals surface area (Å²) in [6.07, 6.45) is 5.18. The number of nitrogens with zero attached hydrogens (tertiary/aromatic N) is 4. The number of carboxylic acid groups (broad SMARTS) is 2. The number of aliphatic hydroxyl groups is 2. The number of aliphatic hydroxyl groups excluding tert-OH is 2. The van der Waals surface area contributed by atoms with Crippen molar-refractivity contribution in [3.8, 4) is 40.2 Å². The molecule has 0 saturated carbocycles. The first-order valence-electron chi connectivity index (χ1n) is 22.5. The largest absolute Gasteiger partial charge is 0.488 e. The minimum absolute atomic E-state index is 0.0246. The van der Waals surface area contributed by atoms with Crippen molar-refractivity contribution < 1.29 is 49.0 Å². The Kier molecular flexibility index (Phi) is 19.7. The monoisotopic (exact) mass is 1000 g/mol. The highest BCUT2D eigenvalue weighted by Gasteiger charge is 2.18. The second-order valence-electron chi connectivity index (χ2n) is 16.6. The summed E-state index contributed by atoms with van der Waals surface area (Å²) in [5.41, 5.74) is 9.77. The lowest BCUT2D eigenvalue weighted by molar-refractivity contribution is -0.140. The number of halogens is 2. The number of rotatable bonds is 26. The fraction of sp³-hybridized carbons (Fsp3) is 0.283. The Labute approximate surface area is 421 Å². The van der Waals surface area contributed by atoms with Gasteiger partial charge in [-0.2, -0.15) is 5.26 Å². The smallest absolute Gasteiger partial charge is 0.306 e. The highest BCUT2D eigenvalue weighted by molar-refractivity contribution is 6.32. The van der Waals surface area contributed by atoms with E-state index in [1.807, 2.05) is 56.3 Å². The normalized spacial score (nSPS) is 12.0. The molecule has 0 radical (unpaired) electrons. The summed E-state index contributed by atoms with van der Waals surface area (Å²) >= 11 is 13.6. The molecule has 0 amide bonds. The van der Waals surface area contributed by atoms with E-state index < -0.39 is 37.0 Å². The lowest BCUT2D eigenvalue weighted by Gasteiger charge is -2.19. The highest BCUT2D eigenvalue weighted by Crippen LogP contribution is 2.37. The Morgan fingerprint density at radius 2 is 1.13 bits per heavy atom. The van der Waals surface area contributed by atoms with Gasteiger partial charge in [0.2, 0.25) is 0 Å². The number of aliphatic carboxylic acids is 2. The van der Waals surface area contributed by atoms with Gasteiger partial charge in [0.1, 0.15) is 55.5 Å². The van der Waals surface area contributed by atoms with Gasteiger partial charge in [0.15, 0.2) is 0 Å². The highest BCUT2D eigenvalue weighted by atomic mass is 35.5. The van der Waals surface area contributed by atoms with Crippen LogP contribution in [-0.4, -0.2) is 80.9 Å². The minimum atomic E-state index is -1.11. The maximum Gasteiger partial charge on any atom is 0.306 e. The molecule has 0 aliphatic carbocycles. The first kappa shape index (κ1) is 53.3. The molecule has 0 aliphatic heterocycles. The Bertz CT molecular complexity index is 2890. The third-order valence-electron chi connectivity index (χ3n) is 11.2. The number of nitriles is 1. The van der Waals surface area contributed by atoms with Crippen molar-refractivity contribution in [1.29, 1.82) is 5.26 Å². The van der Waals surface area contributed by atoms with Gasteiger partial charge in [-0.15, -0.1) is 0 Å². The van der Waals surface area contributed by atoms with Gasteiger partial charge in [0.25, 0.3) is 0 Å². The number of aromatic nitrogens is 2. The fourth-order valence-electron chi connectivity index (χ4n) is 7.54. The molecule has 370 valence electrons. The van der Waals surface area contributed by atoms with Crippen molar-refractivity contribution in [2.45, 2.75) is 78.4 Å². The summed E-state index contributed by atoms with van der Waals surface area (Å²) in [6.45, 7) is 5.17. The zero-order valence-corrected chi connectivity index (χ0v) is 40.8. The van der Waals surface area contributed by atoms with Gasteiger partial charge in [0, 0.05) is 104 Å².